The minimum atomic E-state index is -0.172. The molecule has 0 aliphatic carbocycles. The molecular weight excluding hydrogens is 188 g/mol. The van der Waals surface area contributed by atoms with Crippen molar-refractivity contribution in [1.29, 1.82) is 0 Å². The highest BCUT2D eigenvalue weighted by atomic mass is 16.5. The molecule has 1 unspecified atom stereocenters. The van der Waals surface area contributed by atoms with Gasteiger partial charge in [-0.15, -0.1) is 0 Å². The average molecular weight is 212 g/mol. The second-order valence-electron chi connectivity index (χ2n) is 4.54. The van der Waals surface area contributed by atoms with E-state index >= 15 is 0 Å². The summed E-state index contributed by atoms with van der Waals surface area (Å²) in [6.45, 7) is 4.35. The molecule has 0 aromatic carbocycles. The Hall–Kier alpha value is -0.410. The first-order valence-electron chi connectivity index (χ1n) is 6.35. The Morgan fingerprint density at radius 3 is 2.40 bits per heavy atom. The summed E-state index contributed by atoms with van der Waals surface area (Å²) in [7, 11) is 0. The van der Waals surface area contributed by atoms with E-state index < -0.39 is 0 Å². The Kier molecular flexibility index (Phi) is 5.88. The molecule has 0 bridgehead atoms. The van der Waals surface area contributed by atoms with Crippen LogP contribution >= 0.6 is 0 Å². The van der Waals surface area contributed by atoms with Crippen LogP contribution < -0.4 is 0 Å². The van der Waals surface area contributed by atoms with Crippen molar-refractivity contribution in [3.8, 4) is 0 Å². The van der Waals surface area contributed by atoms with Gasteiger partial charge in [0, 0.05) is 0 Å². The van der Waals surface area contributed by atoms with E-state index in [2.05, 4.69) is 11.9 Å². The van der Waals surface area contributed by atoms with Gasteiger partial charge in [-0.05, 0) is 12.8 Å². The van der Waals surface area contributed by atoms with E-state index in [1.807, 2.05) is 0 Å². The molecule has 0 aromatic rings. The van der Waals surface area contributed by atoms with Gasteiger partial charge in [0.25, 0.3) is 0 Å². The van der Waals surface area contributed by atoms with Crippen LogP contribution in [0.25, 0.3) is 0 Å². The van der Waals surface area contributed by atoms with Crippen LogP contribution in [-0.4, -0.2) is 30.6 Å². The molecule has 1 aliphatic rings. The van der Waals surface area contributed by atoms with Crippen molar-refractivity contribution in [2.45, 2.75) is 51.9 Å². The van der Waals surface area contributed by atoms with Crippen molar-refractivity contribution in [1.82, 2.24) is 0 Å². The standard InChI is InChI=1S/C12H24N2O/c1-2-3-4-5-6-7-8-10-14(15)11-9-13-12-14/h12H,2-11H2,1H3. The van der Waals surface area contributed by atoms with Gasteiger partial charge in [0.1, 0.15) is 6.54 Å². The van der Waals surface area contributed by atoms with Crippen LogP contribution in [0, 0.1) is 5.21 Å². The highest BCUT2D eigenvalue weighted by Crippen LogP contribution is 2.12. The fourth-order valence-electron chi connectivity index (χ4n) is 2.00. The molecule has 1 heterocycles. The van der Waals surface area contributed by atoms with Crippen LogP contribution in [0.15, 0.2) is 4.99 Å². The number of nitrogens with zero attached hydrogens (tertiary/aromatic N) is 2. The normalized spacial score (nSPS) is 24.9. The van der Waals surface area contributed by atoms with Crippen molar-refractivity contribution in [3.05, 3.63) is 5.21 Å². The SMILES string of the molecule is CCCCCCCCC[N+]1([O-])C=NCC1. The number of rotatable bonds is 8. The zero-order chi connectivity index (χ0) is 11.0. The van der Waals surface area contributed by atoms with Crippen molar-refractivity contribution >= 4 is 6.34 Å². The van der Waals surface area contributed by atoms with Crippen molar-refractivity contribution in [2.75, 3.05) is 19.6 Å². The first-order valence-corrected chi connectivity index (χ1v) is 6.35. The molecule has 0 fully saturated rings. The average Bonchev–Trinajstić information content (AvgIpc) is 2.64. The predicted molar refractivity (Wildman–Crippen MR) is 64.7 cm³/mol. The minimum absolute atomic E-state index is 0.172. The monoisotopic (exact) mass is 212 g/mol. The highest BCUT2D eigenvalue weighted by Gasteiger charge is 2.17. The highest BCUT2D eigenvalue weighted by molar-refractivity contribution is 5.48. The molecule has 0 saturated carbocycles. The Morgan fingerprint density at radius 2 is 1.80 bits per heavy atom. The zero-order valence-corrected chi connectivity index (χ0v) is 9.95. The van der Waals surface area contributed by atoms with E-state index in [0.29, 0.717) is 6.54 Å². The molecule has 1 aliphatic heterocycles. The molecule has 1 rings (SSSR count). The molecule has 3 nitrogen and oxygen atoms in total. The third-order valence-electron chi connectivity index (χ3n) is 3.04. The number of hydrogen-bond donors (Lipinski definition) is 0. The van der Waals surface area contributed by atoms with Crippen LogP contribution in [-0.2, 0) is 0 Å². The Bertz CT molecular complexity index is 194. The van der Waals surface area contributed by atoms with Crippen LogP contribution in [0.2, 0.25) is 0 Å². The second-order valence-corrected chi connectivity index (χ2v) is 4.54. The third kappa shape index (κ3) is 5.28. The van der Waals surface area contributed by atoms with Crippen molar-refractivity contribution in [3.63, 3.8) is 0 Å². The molecule has 0 N–H and O–H groups in total. The molecule has 0 aromatic heterocycles. The maximum absolute atomic E-state index is 11.8. The number of aliphatic imine (C=N–C) groups is 1. The van der Waals surface area contributed by atoms with Gasteiger partial charge < -0.3 is 9.85 Å². The molecular formula is C12H24N2O. The molecule has 0 amide bonds. The first kappa shape index (κ1) is 12.7. The van der Waals surface area contributed by atoms with Crippen LogP contribution in [0.5, 0.6) is 0 Å². The van der Waals surface area contributed by atoms with Crippen molar-refractivity contribution < 1.29 is 4.65 Å². The Labute approximate surface area is 93.4 Å². The van der Waals surface area contributed by atoms with Gasteiger partial charge in [0.05, 0.1) is 13.1 Å². The molecule has 0 saturated heterocycles. The lowest BCUT2D eigenvalue weighted by Crippen LogP contribution is -2.39. The van der Waals surface area contributed by atoms with E-state index in [1.165, 1.54) is 38.5 Å². The molecule has 0 radical (unpaired) electrons. The predicted octanol–water partition coefficient (Wildman–Crippen LogP) is 3.09. The van der Waals surface area contributed by atoms with Gasteiger partial charge in [-0.1, -0.05) is 39.0 Å². The summed E-state index contributed by atoms with van der Waals surface area (Å²) in [6, 6.07) is 0. The lowest BCUT2D eigenvalue weighted by atomic mass is 10.1. The molecule has 1 atom stereocenters. The maximum Gasteiger partial charge on any atom is 0.185 e. The zero-order valence-electron chi connectivity index (χ0n) is 9.95. The molecule has 88 valence electrons. The third-order valence-corrected chi connectivity index (χ3v) is 3.04. The largest absolute Gasteiger partial charge is 0.627 e. The fraction of sp³-hybridized carbons (Fsp3) is 0.917. The summed E-state index contributed by atoms with van der Waals surface area (Å²) in [6.07, 6.45) is 10.5. The second kappa shape index (κ2) is 6.96. The number of quaternary nitrogens is 1. The van der Waals surface area contributed by atoms with Crippen LogP contribution in [0.3, 0.4) is 0 Å². The molecule has 0 spiro atoms. The summed E-state index contributed by atoms with van der Waals surface area (Å²) in [4.78, 5) is 4.01. The van der Waals surface area contributed by atoms with Gasteiger partial charge in [-0.3, -0.25) is 0 Å². The van der Waals surface area contributed by atoms with Crippen LogP contribution in [0.1, 0.15) is 51.9 Å². The maximum atomic E-state index is 11.8. The first-order chi connectivity index (χ1) is 7.27. The summed E-state index contributed by atoms with van der Waals surface area (Å²) in [5.41, 5.74) is 0. The van der Waals surface area contributed by atoms with E-state index in [9.17, 15) is 5.21 Å². The number of unbranched alkanes of at least 4 members (excludes halogenated alkanes) is 6. The van der Waals surface area contributed by atoms with E-state index in [1.54, 1.807) is 6.34 Å². The smallest absolute Gasteiger partial charge is 0.185 e. The van der Waals surface area contributed by atoms with Gasteiger partial charge in [-0.2, -0.15) is 0 Å². The van der Waals surface area contributed by atoms with Gasteiger partial charge >= 0.3 is 0 Å². The fourth-order valence-corrected chi connectivity index (χ4v) is 2.00. The van der Waals surface area contributed by atoms with Gasteiger partial charge in [0.2, 0.25) is 0 Å². The summed E-state index contributed by atoms with van der Waals surface area (Å²) >= 11 is 0. The van der Waals surface area contributed by atoms with Gasteiger partial charge in [0.15, 0.2) is 6.34 Å². The van der Waals surface area contributed by atoms with E-state index in [0.717, 1.165) is 19.5 Å². The Balaban J connectivity index is 1.90. The van der Waals surface area contributed by atoms with Gasteiger partial charge in [-0.25, -0.2) is 4.99 Å². The Morgan fingerprint density at radius 1 is 1.13 bits per heavy atom. The lowest BCUT2D eigenvalue weighted by molar-refractivity contribution is -0.775. The van der Waals surface area contributed by atoms with E-state index in [-0.39, 0.29) is 4.65 Å². The number of hydroxylamine groups is 3. The summed E-state index contributed by atoms with van der Waals surface area (Å²) in [5, 5.41) is 11.8. The minimum Gasteiger partial charge on any atom is -0.627 e. The quantitative estimate of drug-likeness (QED) is 0.346. The molecule has 3 heteroatoms. The topological polar surface area (TPSA) is 35.4 Å². The number of hydrogen-bond acceptors (Lipinski definition) is 2. The summed E-state index contributed by atoms with van der Waals surface area (Å²) in [5.74, 6) is 0. The van der Waals surface area contributed by atoms with Crippen LogP contribution in [0.4, 0.5) is 0 Å². The lowest BCUT2D eigenvalue weighted by Gasteiger charge is -2.34. The molecule has 15 heavy (non-hydrogen) atoms. The van der Waals surface area contributed by atoms with E-state index in [4.69, 9.17) is 0 Å². The summed E-state index contributed by atoms with van der Waals surface area (Å²) < 4.78 is -0.172. The van der Waals surface area contributed by atoms with Crippen molar-refractivity contribution in [2.24, 2.45) is 4.99 Å².